The number of aromatic nitrogens is 1. The Hall–Kier alpha value is -2.43. The summed E-state index contributed by atoms with van der Waals surface area (Å²) < 4.78 is 24.8. The highest BCUT2D eigenvalue weighted by atomic mass is 19.3. The minimum Gasteiger partial charge on any atom is -0.296 e. The van der Waals surface area contributed by atoms with Crippen LogP contribution in [0.1, 0.15) is 28.2 Å². The molecule has 82 valence electrons. The van der Waals surface area contributed by atoms with Gasteiger partial charge in [-0.2, -0.15) is 5.26 Å². The van der Waals surface area contributed by atoms with Crippen LogP contribution in [0.15, 0.2) is 6.07 Å². The Balaban J connectivity index is 3.60. The Labute approximate surface area is 87.3 Å². The first-order valence-corrected chi connectivity index (χ1v) is 3.84. The SMILES string of the molecule is N#Cc1c([N+](=O)[O-])cc(C=O)nc1C(F)F. The Kier molecular flexibility index (Phi) is 3.20. The molecule has 0 atom stereocenters. The fraction of sp³-hybridized carbons (Fsp3) is 0.125. The van der Waals surface area contributed by atoms with Gasteiger partial charge in [0.1, 0.15) is 17.5 Å². The maximum atomic E-state index is 12.4. The molecule has 1 heterocycles. The van der Waals surface area contributed by atoms with E-state index in [-0.39, 0.29) is 6.29 Å². The number of pyridine rings is 1. The fourth-order valence-corrected chi connectivity index (χ4v) is 1.05. The second-order valence-corrected chi connectivity index (χ2v) is 2.61. The van der Waals surface area contributed by atoms with Gasteiger partial charge in [-0.25, -0.2) is 13.8 Å². The molecule has 8 heteroatoms. The molecule has 0 radical (unpaired) electrons. The van der Waals surface area contributed by atoms with Crippen LogP contribution in [0, 0.1) is 21.4 Å². The molecule has 0 fully saturated rings. The van der Waals surface area contributed by atoms with Gasteiger partial charge in [-0.05, 0) is 0 Å². The number of hydrogen-bond acceptors (Lipinski definition) is 5. The lowest BCUT2D eigenvalue weighted by molar-refractivity contribution is -0.385. The van der Waals surface area contributed by atoms with Crippen molar-refractivity contribution >= 4 is 12.0 Å². The number of halogens is 2. The molecular formula is C8H3F2N3O3. The van der Waals surface area contributed by atoms with Crippen molar-refractivity contribution in [1.82, 2.24) is 4.98 Å². The minimum absolute atomic E-state index is 0.0973. The highest BCUT2D eigenvalue weighted by molar-refractivity contribution is 5.74. The van der Waals surface area contributed by atoms with Crippen LogP contribution in [-0.4, -0.2) is 16.2 Å². The van der Waals surface area contributed by atoms with Crippen LogP contribution in [0.4, 0.5) is 14.5 Å². The maximum absolute atomic E-state index is 12.4. The second-order valence-electron chi connectivity index (χ2n) is 2.61. The standard InChI is InChI=1S/C8H3F2N3O3/c9-8(10)7-5(2-11)6(13(15)16)1-4(3-14)12-7/h1,3,8H. The summed E-state index contributed by atoms with van der Waals surface area (Å²) in [7, 11) is 0. The summed E-state index contributed by atoms with van der Waals surface area (Å²) in [5.74, 6) is 0. The number of carbonyl (C=O) groups excluding carboxylic acids is 1. The lowest BCUT2D eigenvalue weighted by Gasteiger charge is -2.03. The van der Waals surface area contributed by atoms with Crippen molar-refractivity contribution in [2.24, 2.45) is 0 Å². The van der Waals surface area contributed by atoms with E-state index < -0.39 is 34.0 Å². The summed E-state index contributed by atoms with van der Waals surface area (Å²) in [5, 5.41) is 19.0. The van der Waals surface area contributed by atoms with Crippen molar-refractivity contribution < 1.29 is 18.5 Å². The van der Waals surface area contributed by atoms with Crippen molar-refractivity contribution in [3.63, 3.8) is 0 Å². The first-order valence-electron chi connectivity index (χ1n) is 3.84. The molecule has 6 nitrogen and oxygen atoms in total. The van der Waals surface area contributed by atoms with Gasteiger partial charge < -0.3 is 0 Å². The summed E-state index contributed by atoms with van der Waals surface area (Å²) >= 11 is 0. The minimum atomic E-state index is -3.16. The van der Waals surface area contributed by atoms with Gasteiger partial charge in [-0.15, -0.1) is 0 Å². The fourth-order valence-electron chi connectivity index (χ4n) is 1.05. The zero-order valence-electron chi connectivity index (χ0n) is 7.55. The van der Waals surface area contributed by atoms with Crippen molar-refractivity contribution in [2.75, 3.05) is 0 Å². The van der Waals surface area contributed by atoms with E-state index in [0.29, 0.717) is 6.07 Å². The predicted molar refractivity (Wildman–Crippen MR) is 46.0 cm³/mol. The Bertz CT molecular complexity index is 496. The van der Waals surface area contributed by atoms with Crippen molar-refractivity contribution in [3.05, 3.63) is 33.1 Å². The summed E-state index contributed by atoms with van der Waals surface area (Å²) in [5.41, 5.74) is -3.25. The van der Waals surface area contributed by atoms with Gasteiger partial charge in [0.05, 0.1) is 4.92 Å². The number of nitrogens with zero attached hydrogens (tertiary/aromatic N) is 3. The lowest BCUT2D eigenvalue weighted by Crippen LogP contribution is -2.04. The maximum Gasteiger partial charge on any atom is 0.291 e. The van der Waals surface area contributed by atoms with Gasteiger partial charge in [0, 0.05) is 6.07 Å². The summed E-state index contributed by atoms with van der Waals surface area (Å²) in [6.07, 6.45) is -3.06. The van der Waals surface area contributed by atoms with Crippen LogP contribution in [0.5, 0.6) is 0 Å². The van der Waals surface area contributed by atoms with E-state index in [1.165, 1.54) is 6.07 Å². The van der Waals surface area contributed by atoms with Crippen LogP contribution in [0.3, 0.4) is 0 Å². The lowest BCUT2D eigenvalue weighted by atomic mass is 10.1. The Morgan fingerprint density at radius 3 is 2.62 bits per heavy atom. The third kappa shape index (κ3) is 1.98. The number of aldehydes is 1. The number of rotatable bonds is 3. The zero-order chi connectivity index (χ0) is 12.3. The normalized spacial score (nSPS) is 9.88. The van der Waals surface area contributed by atoms with Gasteiger partial charge >= 0.3 is 0 Å². The zero-order valence-corrected chi connectivity index (χ0v) is 7.55. The predicted octanol–water partition coefficient (Wildman–Crippen LogP) is 1.61. The number of carbonyl (C=O) groups is 1. The summed E-state index contributed by atoms with van der Waals surface area (Å²) in [6, 6.07) is 1.96. The molecule has 0 aliphatic carbocycles. The van der Waals surface area contributed by atoms with Crippen molar-refractivity contribution in [3.8, 4) is 6.07 Å². The quantitative estimate of drug-likeness (QED) is 0.443. The van der Waals surface area contributed by atoms with Crippen LogP contribution in [-0.2, 0) is 0 Å². The van der Waals surface area contributed by atoms with Gasteiger partial charge in [0.15, 0.2) is 11.8 Å². The highest BCUT2D eigenvalue weighted by Crippen LogP contribution is 2.27. The molecule has 0 amide bonds. The monoisotopic (exact) mass is 227 g/mol. The molecule has 1 aromatic heterocycles. The van der Waals surface area contributed by atoms with E-state index in [1.54, 1.807) is 0 Å². The molecule has 16 heavy (non-hydrogen) atoms. The third-order valence-electron chi connectivity index (χ3n) is 1.68. The molecule has 0 saturated carbocycles. The summed E-state index contributed by atoms with van der Waals surface area (Å²) in [6.45, 7) is 0. The molecule has 0 aliphatic heterocycles. The van der Waals surface area contributed by atoms with Gasteiger partial charge in [0.25, 0.3) is 12.1 Å². The van der Waals surface area contributed by atoms with Gasteiger partial charge in [-0.3, -0.25) is 14.9 Å². The molecular weight excluding hydrogens is 224 g/mol. The Morgan fingerprint density at radius 1 is 1.62 bits per heavy atom. The number of hydrogen-bond donors (Lipinski definition) is 0. The van der Waals surface area contributed by atoms with Crippen LogP contribution in [0.2, 0.25) is 0 Å². The number of alkyl halides is 2. The molecule has 0 unspecified atom stereocenters. The van der Waals surface area contributed by atoms with Crippen molar-refractivity contribution in [1.29, 1.82) is 5.26 Å². The molecule has 0 aliphatic rings. The van der Waals surface area contributed by atoms with Gasteiger partial charge in [0.2, 0.25) is 0 Å². The van der Waals surface area contributed by atoms with E-state index in [9.17, 15) is 23.7 Å². The number of nitro groups is 1. The average molecular weight is 227 g/mol. The summed E-state index contributed by atoms with van der Waals surface area (Å²) in [4.78, 5) is 23.0. The average Bonchev–Trinajstić information content (AvgIpc) is 2.26. The molecule has 0 N–H and O–H groups in total. The molecule has 0 aromatic carbocycles. The Morgan fingerprint density at radius 2 is 2.25 bits per heavy atom. The van der Waals surface area contributed by atoms with E-state index in [4.69, 9.17) is 5.26 Å². The van der Waals surface area contributed by atoms with Gasteiger partial charge in [-0.1, -0.05) is 0 Å². The molecule has 0 saturated heterocycles. The highest BCUT2D eigenvalue weighted by Gasteiger charge is 2.25. The van der Waals surface area contributed by atoms with E-state index in [0.717, 1.165) is 0 Å². The number of nitriles is 1. The molecule has 1 rings (SSSR count). The van der Waals surface area contributed by atoms with E-state index >= 15 is 0 Å². The molecule has 0 spiro atoms. The first kappa shape index (κ1) is 11.6. The van der Waals surface area contributed by atoms with E-state index in [2.05, 4.69) is 4.98 Å². The first-order chi connectivity index (χ1) is 7.51. The molecule has 1 aromatic rings. The second kappa shape index (κ2) is 4.39. The topological polar surface area (TPSA) is 96.9 Å². The van der Waals surface area contributed by atoms with Crippen LogP contribution < -0.4 is 0 Å². The van der Waals surface area contributed by atoms with Crippen molar-refractivity contribution in [2.45, 2.75) is 6.43 Å². The van der Waals surface area contributed by atoms with E-state index in [1.807, 2.05) is 0 Å². The third-order valence-corrected chi connectivity index (χ3v) is 1.68. The van der Waals surface area contributed by atoms with Crippen LogP contribution >= 0.6 is 0 Å². The molecule has 0 bridgehead atoms. The largest absolute Gasteiger partial charge is 0.296 e. The van der Waals surface area contributed by atoms with Crippen LogP contribution in [0.25, 0.3) is 0 Å². The smallest absolute Gasteiger partial charge is 0.291 e.